The molecule has 4 rings (SSSR count). The summed E-state index contributed by atoms with van der Waals surface area (Å²) in [4.78, 5) is 17.0. The summed E-state index contributed by atoms with van der Waals surface area (Å²) in [5.74, 6) is 2.74. The molecule has 0 spiro atoms. The maximum absolute atomic E-state index is 12.2. The highest BCUT2D eigenvalue weighted by molar-refractivity contribution is 6.30. The van der Waals surface area contributed by atoms with Crippen LogP contribution in [0.4, 0.5) is 0 Å². The first-order valence-electron chi connectivity index (χ1n) is 12.3. The first-order chi connectivity index (χ1) is 17.6. The Hall–Kier alpha value is -3.51. The van der Waals surface area contributed by atoms with Gasteiger partial charge in [-0.25, -0.2) is 4.98 Å². The Morgan fingerprint density at radius 3 is 2.47 bits per heavy atom. The molecule has 0 radical (unpaired) electrons. The normalized spacial score (nSPS) is 10.9. The van der Waals surface area contributed by atoms with Crippen LogP contribution in [0.3, 0.4) is 0 Å². The van der Waals surface area contributed by atoms with E-state index in [0.717, 1.165) is 66.1 Å². The van der Waals surface area contributed by atoms with E-state index >= 15 is 0 Å². The monoisotopic (exact) mass is 505 g/mol. The predicted molar refractivity (Wildman–Crippen MR) is 144 cm³/mol. The third-order valence-corrected chi connectivity index (χ3v) is 6.31. The lowest BCUT2D eigenvalue weighted by Crippen LogP contribution is -2.26. The number of methoxy groups -OCH3 is 1. The average molecular weight is 506 g/mol. The van der Waals surface area contributed by atoms with Gasteiger partial charge < -0.3 is 19.4 Å². The van der Waals surface area contributed by atoms with Gasteiger partial charge in [-0.2, -0.15) is 0 Å². The average Bonchev–Trinajstić information content (AvgIpc) is 3.25. The first kappa shape index (κ1) is 25.6. The summed E-state index contributed by atoms with van der Waals surface area (Å²) < 4.78 is 13.4. The number of aryl methyl sites for hydroxylation is 1. The zero-order chi connectivity index (χ0) is 25.2. The molecule has 1 heterocycles. The second-order valence-electron chi connectivity index (χ2n) is 8.66. The topological polar surface area (TPSA) is 65.4 Å². The number of carbonyl (C=O) groups is 1. The predicted octanol–water partition coefficient (Wildman–Crippen LogP) is 5.85. The molecule has 0 aliphatic heterocycles. The third-order valence-electron chi connectivity index (χ3n) is 6.05. The molecule has 1 amide bonds. The van der Waals surface area contributed by atoms with E-state index in [1.165, 1.54) is 0 Å². The summed E-state index contributed by atoms with van der Waals surface area (Å²) in [6.45, 7) is 1.96. The van der Waals surface area contributed by atoms with Gasteiger partial charge in [-0.3, -0.25) is 4.79 Å². The van der Waals surface area contributed by atoms with Gasteiger partial charge in [0, 0.05) is 18.0 Å². The summed E-state index contributed by atoms with van der Waals surface area (Å²) in [6.07, 6.45) is 4.23. The van der Waals surface area contributed by atoms with Gasteiger partial charge in [0.05, 0.1) is 31.1 Å². The van der Waals surface area contributed by atoms with Crippen LogP contribution in [0.15, 0.2) is 72.8 Å². The number of unbranched alkanes of at least 4 members (excludes halogenated alkanes) is 2. The van der Waals surface area contributed by atoms with E-state index in [1.54, 1.807) is 7.11 Å². The summed E-state index contributed by atoms with van der Waals surface area (Å²) in [6, 6.07) is 23.2. The molecule has 0 bridgehead atoms. The van der Waals surface area contributed by atoms with Crippen molar-refractivity contribution in [3.05, 3.63) is 89.2 Å². The van der Waals surface area contributed by atoms with Gasteiger partial charge in [0.2, 0.25) is 5.91 Å². The van der Waals surface area contributed by atoms with Crippen LogP contribution in [-0.4, -0.2) is 35.7 Å². The van der Waals surface area contributed by atoms with Crippen LogP contribution in [0.2, 0.25) is 5.02 Å². The summed E-state index contributed by atoms with van der Waals surface area (Å²) in [5.41, 5.74) is 3.10. The molecular formula is C29H32ClN3O3. The third kappa shape index (κ3) is 7.25. The van der Waals surface area contributed by atoms with E-state index in [1.807, 2.05) is 60.7 Å². The molecule has 7 heteroatoms. The summed E-state index contributed by atoms with van der Waals surface area (Å²) >= 11 is 5.90. The zero-order valence-electron chi connectivity index (χ0n) is 20.6. The Labute approximate surface area is 217 Å². The Morgan fingerprint density at radius 1 is 0.944 bits per heavy atom. The summed E-state index contributed by atoms with van der Waals surface area (Å²) in [5, 5.41) is 3.69. The Balaban J connectivity index is 1.23. The molecule has 0 fully saturated rings. The number of ether oxygens (including phenoxy) is 2. The van der Waals surface area contributed by atoms with Crippen molar-refractivity contribution < 1.29 is 14.3 Å². The molecule has 0 saturated carbocycles. The summed E-state index contributed by atoms with van der Waals surface area (Å²) in [7, 11) is 1.65. The Bertz CT molecular complexity index is 1250. The number of rotatable bonds is 13. The molecule has 0 saturated heterocycles. The van der Waals surface area contributed by atoms with Crippen molar-refractivity contribution >= 4 is 28.5 Å². The molecule has 1 N–H and O–H groups in total. The van der Waals surface area contributed by atoms with Crippen molar-refractivity contribution in [2.24, 2.45) is 0 Å². The molecule has 0 atom stereocenters. The van der Waals surface area contributed by atoms with E-state index in [4.69, 9.17) is 26.1 Å². The van der Waals surface area contributed by atoms with Crippen LogP contribution in [0.25, 0.3) is 11.0 Å². The number of imidazole rings is 1. The van der Waals surface area contributed by atoms with Crippen molar-refractivity contribution in [2.75, 3.05) is 20.3 Å². The highest BCUT2D eigenvalue weighted by Gasteiger charge is 2.11. The molecule has 0 aliphatic rings. The van der Waals surface area contributed by atoms with Gasteiger partial charge in [-0.15, -0.1) is 0 Å². The van der Waals surface area contributed by atoms with Crippen LogP contribution in [0.5, 0.6) is 11.5 Å². The quantitative estimate of drug-likeness (QED) is 0.231. The highest BCUT2D eigenvalue weighted by Crippen LogP contribution is 2.20. The van der Waals surface area contributed by atoms with Gasteiger partial charge in [0.15, 0.2) is 0 Å². The molecule has 0 unspecified atom stereocenters. The van der Waals surface area contributed by atoms with Crippen molar-refractivity contribution in [3.8, 4) is 11.5 Å². The zero-order valence-corrected chi connectivity index (χ0v) is 21.3. The maximum atomic E-state index is 12.2. The van der Waals surface area contributed by atoms with Crippen molar-refractivity contribution in [1.29, 1.82) is 0 Å². The molecule has 36 heavy (non-hydrogen) atoms. The lowest BCUT2D eigenvalue weighted by Gasteiger charge is -2.11. The fourth-order valence-electron chi connectivity index (χ4n) is 4.16. The van der Waals surface area contributed by atoms with E-state index in [2.05, 4.69) is 22.0 Å². The first-order valence-corrected chi connectivity index (χ1v) is 12.7. The van der Waals surface area contributed by atoms with Gasteiger partial charge >= 0.3 is 0 Å². The Kier molecular flexibility index (Phi) is 9.22. The second kappa shape index (κ2) is 13.0. The van der Waals surface area contributed by atoms with Crippen LogP contribution < -0.4 is 14.8 Å². The van der Waals surface area contributed by atoms with Gasteiger partial charge in [0.1, 0.15) is 23.9 Å². The Morgan fingerprint density at radius 2 is 1.69 bits per heavy atom. The van der Waals surface area contributed by atoms with Crippen molar-refractivity contribution in [3.63, 3.8) is 0 Å². The van der Waals surface area contributed by atoms with E-state index in [0.29, 0.717) is 24.6 Å². The second-order valence-corrected chi connectivity index (χ2v) is 9.09. The molecule has 3 aromatic carbocycles. The number of hydrogen-bond donors (Lipinski definition) is 1. The van der Waals surface area contributed by atoms with Gasteiger partial charge in [0.25, 0.3) is 0 Å². The number of hydrogen-bond acceptors (Lipinski definition) is 4. The molecule has 188 valence electrons. The number of amides is 1. The minimum absolute atomic E-state index is 0.0379. The number of aromatic nitrogens is 2. The van der Waals surface area contributed by atoms with E-state index in [9.17, 15) is 4.79 Å². The van der Waals surface area contributed by atoms with Crippen LogP contribution >= 0.6 is 11.6 Å². The maximum Gasteiger partial charge on any atom is 0.224 e. The fraction of sp³-hybridized carbons (Fsp3) is 0.310. The number of nitrogens with one attached hydrogen (secondary N) is 1. The minimum atomic E-state index is 0.0379. The number of benzene rings is 3. The number of fused-ring (bicyclic) bond motifs is 1. The van der Waals surface area contributed by atoms with E-state index in [-0.39, 0.29) is 5.91 Å². The largest absolute Gasteiger partial charge is 0.497 e. The molecule has 0 aliphatic carbocycles. The SMILES string of the molecule is COc1ccc(OCCn2c(CCCCCNC(=O)Cc3ccc(Cl)cc3)nc3ccccc32)cc1. The smallest absolute Gasteiger partial charge is 0.224 e. The number of halogens is 1. The van der Waals surface area contributed by atoms with Crippen molar-refractivity contribution in [1.82, 2.24) is 14.9 Å². The number of nitrogens with zero attached hydrogens (tertiary/aromatic N) is 2. The molecule has 4 aromatic rings. The van der Waals surface area contributed by atoms with E-state index < -0.39 is 0 Å². The molecule has 6 nitrogen and oxygen atoms in total. The van der Waals surface area contributed by atoms with Crippen LogP contribution in [0, 0.1) is 0 Å². The van der Waals surface area contributed by atoms with Gasteiger partial charge in [-0.05, 0) is 66.9 Å². The minimum Gasteiger partial charge on any atom is -0.497 e. The number of para-hydroxylation sites is 2. The molecular weight excluding hydrogens is 474 g/mol. The van der Waals surface area contributed by atoms with Crippen LogP contribution in [-0.2, 0) is 24.2 Å². The fourth-order valence-corrected chi connectivity index (χ4v) is 4.28. The van der Waals surface area contributed by atoms with Crippen molar-refractivity contribution in [2.45, 2.75) is 38.6 Å². The number of carbonyl (C=O) groups excluding carboxylic acids is 1. The lowest BCUT2D eigenvalue weighted by atomic mass is 10.1. The highest BCUT2D eigenvalue weighted by atomic mass is 35.5. The van der Waals surface area contributed by atoms with Crippen LogP contribution in [0.1, 0.15) is 30.7 Å². The lowest BCUT2D eigenvalue weighted by molar-refractivity contribution is -0.120. The van der Waals surface area contributed by atoms with Gasteiger partial charge in [-0.1, -0.05) is 42.3 Å². The standard InChI is InChI=1S/C29H32ClN3O3/c1-35-24-14-16-25(17-15-24)36-20-19-33-27-8-5-4-7-26(27)32-28(33)9-3-2-6-18-31-29(34)21-22-10-12-23(30)13-11-22/h4-5,7-8,10-17H,2-3,6,9,18-21H2,1H3,(H,31,34). The molecule has 1 aromatic heterocycles.